The molecule has 0 saturated heterocycles. The van der Waals surface area contributed by atoms with Crippen molar-refractivity contribution < 1.29 is 44.1 Å². The standard InChI is InChI=1S/C18H32N6O9/c19-6-2-1-3-10(16(30)24-12(8-25)18(32)33)23-17(31)11(4-5-14(27)28)22-15(29)9(20)7-13(21)26/h9-12,25H,1-8,19-20H2,(H2,21,26)(H,22,29)(H,23,31)(H,24,30)(H,27,28)(H,32,33). The third-order valence-electron chi connectivity index (χ3n) is 4.41. The van der Waals surface area contributed by atoms with E-state index < -0.39 is 79.2 Å². The van der Waals surface area contributed by atoms with E-state index in [4.69, 9.17) is 32.5 Å². The van der Waals surface area contributed by atoms with Gasteiger partial charge in [-0.05, 0) is 32.2 Å². The summed E-state index contributed by atoms with van der Waals surface area (Å²) in [6, 6.07) is -5.68. The number of rotatable bonds is 17. The molecule has 0 saturated carbocycles. The lowest BCUT2D eigenvalue weighted by molar-refractivity contribution is -0.143. The third kappa shape index (κ3) is 12.4. The largest absolute Gasteiger partial charge is 0.481 e. The zero-order valence-corrected chi connectivity index (χ0v) is 18.0. The van der Waals surface area contributed by atoms with Crippen LogP contribution in [-0.2, 0) is 28.8 Å². The summed E-state index contributed by atoms with van der Waals surface area (Å²) in [4.78, 5) is 70.4. The van der Waals surface area contributed by atoms with Crippen LogP contribution in [-0.4, -0.2) is 88.2 Å². The highest BCUT2D eigenvalue weighted by Crippen LogP contribution is 2.05. The van der Waals surface area contributed by atoms with Crippen molar-refractivity contribution in [3.05, 3.63) is 0 Å². The minimum Gasteiger partial charge on any atom is -0.481 e. The number of carboxylic acid groups (broad SMARTS) is 2. The fourth-order valence-electron chi connectivity index (χ4n) is 2.62. The van der Waals surface area contributed by atoms with Crippen LogP contribution in [0.3, 0.4) is 0 Å². The number of nitrogens with two attached hydrogens (primary N) is 3. The van der Waals surface area contributed by atoms with Crippen LogP contribution in [0.15, 0.2) is 0 Å². The Hall–Kier alpha value is -3.30. The van der Waals surface area contributed by atoms with E-state index in [-0.39, 0.29) is 12.8 Å². The molecule has 0 fully saturated rings. The number of aliphatic hydroxyl groups is 1. The molecule has 33 heavy (non-hydrogen) atoms. The van der Waals surface area contributed by atoms with Gasteiger partial charge in [0.1, 0.15) is 18.1 Å². The van der Waals surface area contributed by atoms with Gasteiger partial charge in [-0.1, -0.05) is 0 Å². The fraction of sp³-hybridized carbons (Fsp3) is 0.667. The lowest BCUT2D eigenvalue weighted by Crippen LogP contribution is -2.57. The van der Waals surface area contributed by atoms with E-state index in [1.807, 2.05) is 0 Å². The molecule has 0 bridgehead atoms. The van der Waals surface area contributed by atoms with E-state index in [9.17, 15) is 28.8 Å². The molecule has 0 heterocycles. The van der Waals surface area contributed by atoms with Gasteiger partial charge in [0.15, 0.2) is 0 Å². The van der Waals surface area contributed by atoms with Gasteiger partial charge in [-0.2, -0.15) is 0 Å². The van der Waals surface area contributed by atoms with Crippen LogP contribution in [0.25, 0.3) is 0 Å². The highest BCUT2D eigenvalue weighted by Gasteiger charge is 2.30. The second-order valence-electron chi connectivity index (χ2n) is 7.20. The normalized spacial score (nSPS) is 14.3. The number of unbranched alkanes of at least 4 members (excludes halogenated alkanes) is 1. The number of primary amides is 1. The molecule has 0 rings (SSSR count). The molecule has 0 aromatic heterocycles. The van der Waals surface area contributed by atoms with Gasteiger partial charge >= 0.3 is 11.9 Å². The average molecular weight is 476 g/mol. The first-order valence-electron chi connectivity index (χ1n) is 10.1. The Kier molecular flexibility index (Phi) is 13.9. The number of carboxylic acids is 2. The van der Waals surface area contributed by atoms with Crippen LogP contribution in [0.2, 0.25) is 0 Å². The van der Waals surface area contributed by atoms with Crippen LogP contribution in [0.4, 0.5) is 0 Å². The van der Waals surface area contributed by atoms with Gasteiger partial charge in [0, 0.05) is 6.42 Å². The monoisotopic (exact) mass is 476 g/mol. The number of hydrogen-bond acceptors (Lipinski definition) is 9. The molecule has 0 aromatic carbocycles. The first-order chi connectivity index (χ1) is 15.4. The second-order valence-corrected chi connectivity index (χ2v) is 7.20. The second kappa shape index (κ2) is 15.5. The van der Waals surface area contributed by atoms with Crippen molar-refractivity contribution in [3.63, 3.8) is 0 Å². The summed E-state index contributed by atoms with van der Waals surface area (Å²) < 4.78 is 0. The van der Waals surface area contributed by atoms with Gasteiger partial charge in [-0.3, -0.25) is 24.0 Å². The molecular formula is C18H32N6O9. The zero-order chi connectivity index (χ0) is 25.6. The van der Waals surface area contributed by atoms with Gasteiger partial charge < -0.3 is 48.5 Å². The maximum absolute atomic E-state index is 12.8. The van der Waals surface area contributed by atoms with Crippen molar-refractivity contribution in [2.75, 3.05) is 13.2 Å². The molecule has 0 radical (unpaired) electrons. The summed E-state index contributed by atoms with van der Waals surface area (Å²) in [6.07, 6.45) is -0.473. The molecule has 15 nitrogen and oxygen atoms in total. The molecule has 0 aliphatic rings. The number of carbonyl (C=O) groups excluding carboxylic acids is 4. The number of nitrogens with one attached hydrogen (secondary N) is 3. The summed E-state index contributed by atoms with van der Waals surface area (Å²) in [7, 11) is 0. The molecule has 188 valence electrons. The van der Waals surface area contributed by atoms with Crippen LogP contribution in [0.1, 0.15) is 38.5 Å². The van der Waals surface area contributed by atoms with E-state index in [1.165, 1.54) is 0 Å². The summed E-state index contributed by atoms with van der Waals surface area (Å²) in [5.41, 5.74) is 15.9. The Morgan fingerprint density at radius 1 is 0.788 bits per heavy atom. The lowest BCUT2D eigenvalue weighted by atomic mass is 10.1. The van der Waals surface area contributed by atoms with Gasteiger partial charge in [0.05, 0.1) is 19.1 Å². The summed E-state index contributed by atoms with van der Waals surface area (Å²) in [5.74, 6) is -6.39. The third-order valence-corrected chi connectivity index (χ3v) is 4.41. The lowest BCUT2D eigenvalue weighted by Gasteiger charge is -2.24. The first kappa shape index (κ1) is 29.7. The van der Waals surface area contributed by atoms with Crippen molar-refractivity contribution in [3.8, 4) is 0 Å². The van der Waals surface area contributed by atoms with Gasteiger partial charge in [-0.25, -0.2) is 4.79 Å². The van der Waals surface area contributed by atoms with E-state index in [1.54, 1.807) is 0 Å². The number of amides is 4. The minimum atomic E-state index is -1.61. The summed E-state index contributed by atoms with van der Waals surface area (Å²) in [5, 5.41) is 33.7. The average Bonchev–Trinajstić information content (AvgIpc) is 2.72. The topological polar surface area (TPSA) is 277 Å². The Bertz CT molecular complexity index is 718. The summed E-state index contributed by atoms with van der Waals surface area (Å²) >= 11 is 0. The molecule has 4 unspecified atom stereocenters. The zero-order valence-electron chi connectivity index (χ0n) is 18.0. The van der Waals surface area contributed by atoms with E-state index in [0.29, 0.717) is 19.4 Å². The van der Waals surface area contributed by atoms with Gasteiger partial charge in [0.2, 0.25) is 23.6 Å². The minimum absolute atomic E-state index is 0.0489. The quantitative estimate of drug-likeness (QED) is 0.0905. The SMILES string of the molecule is NCCCCC(NC(=O)C(CCC(=O)O)NC(=O)C(N)CC(N)=O)C(=O)NC(CO)C(=O)O. The van der Waals surface area contributed by atoms with Crippen LogP contribution in [0.5, 0.6) is 0 Å². The van der Waals surface area contributed by atoms with Crippen molar-refractivity contribution in [1.82, 2.24) is 16.0 Å². The van der Waals surface area contributed by atoms with Crippen LogP contribution >= 0.6 is 0 Å². The Morgan fingerprint density at radius 2 is 1.30 bits per heavy atom. The molecular weight excluding hydrogens is 444 g/mol. The smallest absolute Gasteiger partial charge is 0.328 e. The highest BCUT2D eigenvalue weighted by atomic mass is 16.4. The predicted octanol–water partition coefficient (Wildman–Crippen LogP) is -4.29. The molecule has 0 aromatic rings. The Labute approximate surface area is 189 Å². The molecule has 15 heteroatoms. The molecule has 0 aliphatic carbocycles. The molecule has 0 aliphatic heterocycles. The predicted molar refractivity (Wildman–Crippen MR) is 112 cm³/mol. The number of carbonyl (C=O) groups is 6. The van der Waals surface area contributed by atoms with E-state index in [2.05, 4.69) is 16.0 Å². The van der Waals surface area contributed by atoms with Crippen molar-refractivity contribution in [1.29, 1.82) is 0 Å². The maximum Gasteiger partial charge on any atom is 0.328 e. The van der Waals surface area contributed by atoms with Crippen LogP contribution in [0, 0.1) is 0 Å². The van der Waals surface area contributed by atoms with Crippen molar-refractivity contribution >= 4 is 35.6 Å². The van der Waals surface area contributed by atoms with Crippen molar-refractivity contribution in [2.24, 2.45) is 17.2 Å². The number of aliphatic carboxylic acids is 2. The maximum atomic E-state index is 12.8. The van der Waals surface area contributed by atoms with Crippen LogP contribution < -0.4 is 33.2 Å². The van der Waals surface area contributed by atoms with Gasteiger partial charge in [0.25, 0.3) is 0 Å². The van der Waals surface area contributed by atoms with Gasteiger partial charge in [-0.15, -0.1) is 0 Å². The number of hydrogen-bond donors (Lipinski definition) is 9. The first-order valence-corrected chi connectivity index (χ1v) is 10.1. The van der Waals surface area contributed by atoms with Crippen molar-refractivity contribution in [2.45, 2.75) is 62.7 Å². The Balaban J connectivity index is 5.49. The molecule has 4 atom stereocenters. The molecule has 4 amide bonds. The summed E-state index contributed by atoms with van der Waals surface area (Å²) in [6.45, 7) is -0.592. The molecule has 0 spiro atoms. The Morgan fingerprint density at radius 3 is 1.76 bits per heavy atom. The van der Waals surface area contributed by atoms with E-state index in [0.717, 1.165) is 0 Å². The van der Waals surface area contributed by atoms with E-state index >= 15 is 0 Å². The molecule has 12 N–H and O–H groups in total. The highest BCUT2D eigenvalue weighted by molar-refractivity contribution is 5.95. The fourth-order valence-corrected chi connectivity index (χ4v) is 2.62. The number of aliphatic hydroxyl groups excluding tert-OH is 1.